The van der Waals surface area contributed by atoms with Crippen molar-refractivity contribution in [1.29, 1.82) is 0 Å². The highest BCUT2D eigenvalue weighted by Gasteiger charge is 2.18. The van der Waals surface area contributed by atoms with E-state index >= 15 is 0 Å². The van der Waals surface area contributed by atoms with Crippen LogP contribution < -0.4 is 5.32 Å². The predicted molar refractivity (Wildman–Crippen MR) is 96.7 cm³/mol. The summed E-state index contributed by atoms with van der Waals surface area (Å²) in [5, 5.41) is 26.0. The molecule has 0 amide bonds. The molecule has 0 radical (unpaired) electrons. The van der Waals surface area contributed by atoms with Crippen molar-refractivity contribution in [3.05, 3.63) is 59.9 Å². The fraction of sp³-hybridized carbons (Fsp3) is 0.316. The Balaban J connectivity index is 1.58. The van der Waals surface area contributed by atoms with Gasteiger partial charge in [0, 0.05) is 12.5 Å². The predicted octanol–water partition coefficient (Wildman–Crippen LogP) is 3.33. The average molecular weight is 335 g/mol. The molecule has 1 fully saturated rings. The van der Waals surface area contributed by atoms with Gasteiger partial charge in [0.2, 0.25) is 0 Å². The van der Waals surface area contributed by atoms with Gasteiger partial charge in [-0.15, -0.1) is 15.3 Å². The van der Waals surface area contributed by atoms with E-state index in [1.54, 1.807) is 16.6 Å². The first kappa shape index (κ1) is 15.6. The molecule has 2 aromatic heterocycles. The summed E-state index contributed by atoms with van der Waals surface area (Å²) in [6.45, 7) is 4.18. The Bertz CT molecular complexity index is 900. The lowest BCUT2D eigenvalue weighted by molar-refractivity contribution is 0.475. The number of aromatic hydroxyl groups is 1. The van der Waals surface area contributed by atoms with Crippen LogP contribution in [0.25, 0.3) is 5.65 Å². The van der Waals surface area contributed by atoms with Crippen LogP contribution >= 0.6 is 0 Å². The molecule has 0 spiro atoms. The zero-order valence-electron chi connectivity index (χ0n) is 14.0. The van der Waals surface area contributed by atoms with Gasteiger partial charge < -0.3 is 10.4 Å². The van der Waals surface area contributed by atoms with Gasteiger partial charge in [0.25, 0.3) is 0 Å². The van der Waals surface area contributed by atoms with Crippen LogP contribution in [-0.2, 0) is 6.42 Å². The first-order chi connectivity index (χ1) is 12.2. The highest BCUT2D eigenvalue weighted by atomic mass is 16.3. The maximum Gasteiger partial charge on any atom is 0.178 e. The standard InChI is InChI=1S/C19H21N5O/c1-13-4-2-3-5-16(13)20-17-10-11-18-21-22-19(24(18)23-17)12-14-6-8-15(25)9-7-14/h6-11,16,25H,1-5,12H2,(H,20,23). The second kappa shape index (κ2) is 6.55. The molecule has 1 aliphatic carbocycles. The van der Waals surface area contributed by atoms with E-state index in [4.69, 9.17) is 0 Å². The van der Waals surface area contributed by atoms with Crippen molar-refractivity contribution in [2.75, 3.05) is 5.32 Å². The molecule has 6 heteroatoms. The molecule has 1 saturated carbocycles. The second-order valence-corrected chi connectivity index (χ2v) is 6.55. The molecule has 0 aliphatic heterocycles. The summed E-state index contributed by atoms with van der Waals surface area (Å²) < 4.78 is 1.78. The van der Waals surface area contributed by atoms with Crippen molar-refractivity contribution in [1.82, 2.24) is 19.8 Å². The quantitative estimate of drug-likeness (QED) is 0.715. The Morgan fingerprint density at radius 2 is 1.96 bits per heavy atom. The van der Waals surface area contributed by atoms with Gasteiger partial charge in [-0.3, -0.25) is 0 Å². The van der Waals surface area contributed by atoms with E-state index in [2.05, 4.69) is 27.2 Å². The number of nitrogens with one attached hydrogen (secondary N) is 1. The maximum atomic E-state index is 9.41. The van der Waals surface area contributed by atoms with Crippen LogP contribution in [-0.4, -0.2) is 31.0 Å². The molecule has 2 N–H and O–H groups in total. The van der Waals surface area contributed by atoms with Gasteiger partial charge >= 0.3 is 0 Å². The van der Waals surface area contributed by atoms with Gasteiger partial charge in [0.15, 0.2) is 11.5 Å². The van der Waals surface area contributed by atoms with E-state index < -0.39 is 0 Å². The lowest BCUT2D eigenvalue weighted by Gasteiger charge is -2.25. The fourth-order valence-electron chi connectivity index (χ4n) is 3.25. The third-order valence-electron chi connectivity index (χ3n) is 4.68. The van der Waals surface area contributed by atoms with Gasteiger partial charge in [0.1, 0.15) is 11.6 Å². The molecule has 0 bridgehead atoms. The third kappa shape index (κ3) is 3.33. The van der Waals surface area contributed by atoms with Gasteiger partial charge in [-0.1, -0.05) is 30.7 Å². The Kier molecular flexibility index (Phi) is 4.09. The highest BCUT2D eigenvalue weighted by molar-refractivity contribution is 5.46. The third-order valence-corrected chi connectivity index (χ3v) is 4.68. The SMILES string of the molecule is C=C1CCCCC1Nc1ccc2nnc(Cc3ccc(O)cc3)n2n1. The Hall–Kier alpha value is -2.89. The summed E-state index contributed by atoms with van der Waals surface area (Å²) in [4.78, 5) is 0. The van der Waals surface area contributed by atoms with Crippen molar-refractivity contribution < 1.29 is 5.11 Å². The number of hydrogen-bond donors (Lipinski definition) is 2. The normalized spacial score (nSPS) is 17.8. The minimum Gasteiger partial charge on any atom is -0.508 e. The van der Waals surface area contributed by atoms with Gasteiger partial charge in [-0.2, -0.15) is 4.52 Å². The second-order valence-electron chi connectivity index (χ2n) is 6.55. The highest BCUT2D eigenvalue weighted by Crippen LogP contribution is 2.25. The molecule has 25 heavy (non-hydrogen) atoms. The molecule has 1 aliphatic rings. The monoisotopic (exact) mass is 335 g/mol. The summed E-state index contributed by atoms with van der Waals surface area (Å²) >= 11 is 0. The zero-order valence-corrected chi connectivity index (χ0v) is 14.0. The van der Waals surface area contributed by atoms with Crippen LogP contribution in [0.4, 0.5) is 5.82 Å². The van der Waals surface area contributed by atoms with E-state index in [1.165, 1.54) is 18.4 Å². The Labute approximate surface area is 146 Å². The minimum absolute atomic E-state index is 0.257. The van der Waals surface area contributed by atoms with E-state index in [1.807, 2.05) is 24.3 Å². The number of benzene rings is 1. The fourth-order valence-corrected chi connectivity index (χ4v) is 3.25. The van der Waals surface area contributed by atoms with Crippen molar-refractivity contribution in [2.24, 2.45) is 0 Å². The van der Waals surface area contributed by atoms with Crippen LogP contribution in [0.5, 0.6) is 5.75 Å². The van der Waals surface area contributed by atoms with Crippen molar-refractivity contribution in [3.8, 4) is 5.75 Å². The Morgan fingerprint density at radius 1 is 1.12 bits per heavy atom. The molecule has 4 rings (SSSR count). The topological polar surface area (TPSA) is 75.3 Å². The van der Waals surface area contributed by atoms with Crippen LogP contribution in [0.3, 0.4) is 0 Å². The van der Waals surface area contributed by atoms with Crippen LogP contribution in [0, 0.1) is 0 Å². The molecule has 2 heterocycles. The number of rotatable bonds is 4. The number of fused-ring (bicyclic) bond motifs is 1. The van der Waals surface area contributed by atoms with Gasteiger partial charge in [0.05, 0.1) is 0 Å². The van der Waals surface area contributed by atoms with E-state index in [0.29, 0.717) is 6.42 Å². The number of hydrogen-bond acceptors (Lipinski definition) is 5. The van der Waals surface area contributed by atoms with Crippen LogP contribution in [0.2, 0.25) is 0 Å². The maximum absolute atomic E-state index is 9.41. The minimum atomic E-state index is 0.257. The number of aromatic nitrogens is 4. The summed E-state index contributed by atoms with van der Waals surface area (Å²) in [5.74, 6) is 1.84. The molecular weight excluding hydrogens is 314 g/mol. The van der Waals surface area contributed by atoms with E-state index in [-0.39, 0.29) is 11.8 Å². The van der Waals surface area contributed by atoms with Gasteiger partial charge in [-0.25, -0.2) is 0 Å². The van der Waals surface area contributed by atoms with Crippen LogP contribution in [0.1, 0.15) is 37.1 Å². The number of phenolic OH excluding ortho intramolecular Hbond substituents is 1. The van der Waals surface area contributed by atoms with Crippen molar-refractivity contribution >= 4 is 11.5 Å². The number of phenols is 1. The average Bonchev–Trinajstić information content (AvgIpc) is 3.01. The number of anilines is 1. The van der Waals surface area contributed by atoms with Crippen LogP contribution in [0.15, 0.2) is 48.6 Å². The summed E-state index contributed by atoms with van der Waals surface area (Å²) in [6.07, 6.45) is 5.23. The molecule has 1 aromatic carbocycles. The molecule has 6 nitrogen and oxygen atoms in total. The van der Waals surface area contributed by atoms with Gasteiger partial charge in [-0.05, 0) is 49.1 Å². The molecule has 3 aromatic rings. The first-order valence-corrected chi connectivity index (χ1v) is 8.62. The smallest absolute Gasteiger partial charge is 0.178 e. The van der Waals surface area contributed by atoms with E-state index in [9.17, 15) is 5.11 Å². The molecule has 1 atom stereocenters. The molecule has 0 saturated heterocycles. The lowest BCUT2D eigenvalue weighted by Crippen LogP contribution is -2.25. The largest absolute Gasteiger partial charge is 0.508 e. The summed E-state index contributed by atoms with van der Waals surface area (Å²) in [7, 11) is 0. The summed E-state index contributed by atoms with van der Waals surface area (Å²) in [6, 6.07) is 11.3. The zero-order chi connectivity index (χ0) is 17.2. The Morgan fingerprint density at radius 3 is 2.76 bits per heavy atom. The lowest BCUT2D eigenvalue weighted by atomic mass is 9.91. The number of nitrogens with zero attached hydrogens (tertiary/aromatic N) is 4. The van der Waals surface area contributed by atoms with E-state index in [0.717, 1.165) is 35.7 Å². The van der Waals surface area contributed by atoms with Crippen molar-refractivity contribution in [2.45, 2.75) is 38.1 Å². The summed E-state index contributed by atoms with van der Waals surface area (Å²) in [5.41, 5.74) is 3.02. The molecule has 1 unspecified atom stereocenters. The first-order valence-electron chi connectivity index (χ1n) is 8.62. The molecule has 128 valence electrons. The van der Waals surface area contributed by atoms with Crippen molar-refractivity contribution in [3.63, 3.8) is 0 Å². The molecular formula is C19H21N5O.